The van der Waals surface area contributed by atoms with Gasteiger partial charge in [-0.1, -0.05) is 15.9 Å². The van der Waals surface area contributed by atoms with Gasteiger partial charge in [0.05, 0.1) is 0 Å². The van der Waals surface area contributed by atoms with Gasteiger partial charge in [0.1, 0.15) is 5.82 Å². The highest BCUT2D eigenvalue weighted by molar-refractivity contribution is 9.10. The van der Waals surface area contributed by atoms with E-state index in [1.54, 1.807) is 6.20 Å². The van der Waals surface area contributed by atoms with Crippen LogP contribution in [0.25, 0.3) is 0 Å². The largest absolute Gasteiger partial charge is 0.363 e. The zero-order valence-corrected chi connectivity index (χ0v) is 19.8. The Morgan fingerprint density at radius 3 is 2.34 bits per heavy atom. The Morgan fingerprint density at radius 2 is 1.72 bits per heavy atom. The van der Waals surface area contributed by atoms with Crippen LogP contribution in [0.1, 0.15) is 36.8 Å². The van der Waals surface area contributed by atoms with Crippen LogP contribution in [0.4, 0.5) is 17.5 Å². The molecule has 29 heavy (non-hydrogen) atoms. The molecule has 1 saturated carbocycles. The predicted molar refractivity (Wildman–Crippen MR) is 129 cm³/mol. The Morgan fingerprint density at radius 1 is 1.10 bits per heavy atom. The van der Waals surface area contributed by atoms with E-state index in [9.17, 15) is 0 Å². The van der Waals surface area contributed by atoms with Crippen LogP contribution in [0.2, 0.25) is 0 Å². The van der Waals surface area contributed by atoms with Crippen molar-refractivity contribution in [3.63, 3.8) is 0 Å². The van der Waals surface area contributed by atoms with Crippen LogP contribution in [0.3, 0.4) is 0 Å². The van der Waals surface area contributed by atoms with E-state index >= 15 is 0 Å². The second-order valence-electron chi connectivity index (χ2n) is 7.84. The van der Waals surface area contributed by atoms with Crippen molar-refractivity contribution in [3.8, 4) is 0 Å². The lowest BCUT2D eigenvalue weighted by Crippen LogP contribution is -2.42. The molecule has 2 aromatic rings. The minimum absolute atomic E-state index is 0.387. The van der Waals surface area contributed by atoms with Crippen LogP contribution >= 0.6 is 28.1 Å². The number of benzene rings is 1. The monoisotopic (exact) mass is 476 g/mol. The Bertz CT molecular complexity index is 841. The predicted octanol–water partition coefficient (Wildman–Crippen LogP) is 4.63. The normalized spacial score (nSPS) is 18.8. The van der Waals surface area contributed by atoms with Crippen LogP contribution in [0.15, 0.2) is 28.9 Å². The summed E-state index contributed by atoms with van der Waals surface area (Å²) < 4.78 is 1.09. The highest BCUT2D eigenvalue weighted by Crippen LogP contribution is 2.26. The van der Waals surface area contributed by atoms with Gasteiger partial charge in [0.25, 0.3) is 0 Å². The number of nitrogens with zero attached hydrogens (tertiary/aromatic N) is 3. The van der Waals surface area contributed by atoms with E-state index in [0.29, 0.717) is 23.1 Å². The molecule has 1 aromatic carbocycles. The molecule has 8 heteroatoms. The standard InChI is InChI=1S/C21H29BrN6S/c1-13-11-15(22)12-14(2)19(13)27-21(29)25-17-7-5-16(6-8-17)24-20-23-10-9-18(26-20)28(3)4/h9-12,16-17H,5-8H2,1-4H3,(H,23,24,26)(H2,25,27,29). The Hall–Kier alpha value is -1.93. The number of thiocarbonyl (C=S) groups is 1. The molecule has 0 aliphatic heterocycles. The highest BCUT2D eigenvalue weighted by atomic mass is 79.9. The van der Waals surface area contributed by atoms with Crippen molar-refractivity contribution in [2.75, 3.05) is 29.6 Å². The summed E-state index contributed by atoms with van der Waals surface area (Å²) in [7, 11) is 3.97. The van der Waals surface area contributed by atoms with Crippen molar-refractivity contribution < 1.29 is 0 Å². The molecular formula is C21H29BrN6S. The lowest BCUT2D eigenvalue weighted by atomic mass is 9.91. The van der Waals surface area contributed by atoms with Crippen molar-refractivity contribution in [2.45, 2.75) is 51.6 Å². The molecule has 156 valence electrons. The summed E-state index contributed by atoms with van der Waals surface area (Å²) in [4.78, 5) is 10.9. The molecular weight excluding hydrogens is 448 g/mol. The maximum absolute atomic E-state index is 5.57. The van der Waals surface area contributed by atoms with Crippen LogP contribution in [0, 0.1) is 13.8 Å². The van der Waals surface area contributed by atoms with Gasteiger partial charge in [0, 0.05) is 42.5 Å². The van der Waals surface area contributed by atoms with Crippen molar-refractivity contribution >= 4 is 50.7 Å². The molecule has 1 heterocycles. The molecule has 1 aliphatic carbocycles. The number of halogens is 1. The number of nitrogens with one attached hydrogen (secondary N) is 3. The third kappa shape index (κ3) is 6.02. The van der Waals surface area contributed by atoms with E-state index < -0.39 is 0 Å². The van der Waals surface area contributed by atoms with E-state index in [1.807, 2.05) is 25.1 Å². The van der Waals surface area contributed by atoms with Gasteiger partial charge in [-0.2, -0.15) is 4.98 Å². The minimum Gasteiger partial charge on any atom is -0.363 e. The van der Waals surface area contributed by atoms with Gasteiger partial charge >= 0.3 is 0 Å². The van der Waals surface area contributed by atoms with Crippen LogP contribution in [-0.2, 0) is 0 Å². The fourth-order valence-corrected chi connectivity index (χ4v) is 4.63. The topological polar surface area (TPSA) is 65.1 Å². The highest BCUT2D eigenvalue weighted by Gasteiger charge is 2.22. The molecule has 1 aromatic heterocycles. The molecule has 0 unspecified atom stereocenters. The molecule has 0 bridgehead atoms. The summed E-state index contributed by atoms with van der Waals surface area (Å²) in [5.74, 6) is 1.61. The second kappa shape index (κ2) is 9.71. The average molecular weight is 477 g/mol. The minimum atomic E-state index is 0.387. The molecule has 0 amide bonds. The summed E-state index contributed by atoms with van der Waals surface area (Å²) in [5, 5.41) is 11.0. The average Bonchev–Trinajstić information content (AvgIpc) is 2.66. The van der Waals surface area contributed by atoms with Crippen LogP contribution in [0.5, 0.6) is 0 Å². The third-order valence-electron chi connectivity index (χ3n) is 5.23. The molecule has 0 spiro atoms. The van der Waals surface area contributed by atoms with Gasteiger partial charge in [-0.25, -0.2) is 4.98 Å². The van der Waals surface area contributed by atoms with Gasteiger partial charge in [0.2, 0.25) is 5.95 Å². The van der Waals surface area contributed by atoms with Crippen molar-refractivity contribution in [1.82, 2.24) is 15.3 Å². The van der Waals surface area contributed by atoms with E-state index in [4.69, 9.17) is 12.2 Å². The maximum Gasteiger partial charge on any atom is 0.224 e. The summed E-state index contributed by atoms with van der Waals surface area (Å²) in [6, 6.07) is 6.89. The Labute approximate surface area is 187 Å². The van der Waals surface area contributed by atoms with Crippen LogP contribution in [-0.4, -0.2) is 41.3 Å². The Kier molecular flexibility index (Phi) is 7.29. The lowest BCUT2D eigenvalue weighted by Gasteiger charge is -2.30. The fourth-order valence-electron chi connectivity index (χ4n) is 3.68. The number of aromatic nitrogens is 2. The molecule has 1 aliphatic rings. The zero-order chi connectivity index (χ0) is 21.0. The summed E-state index contributed by atoms with van der Waals surface area (Å²) >= 11 is 9.11. The summed E-state index contributed by atoms with van der Waals surface area (Å²) in [6.07, 6.45) is 6.04. The van der Waals surface area contributed by atoms with Gasteiger partial charge in [-0.05, 0) is 81.1 Å². The smallest absolute Gasteiger partial charge is 0.224 e. The summed E-state index contributed by atoms with van der Waals surface area (Å²) in [6.45, 7) is 4.18. The zero-order valence-electron chi connectivity index (χ0n) is 17.4. The van der Waals surface area contributed by atoms with E-state index in [2.05, 4.69) is 67.8 Å². The second-order valence-corrected chi connectivity index (χ2v) is 9.16. The Balaban J connectivity index is 1.48. The van der Waals surface area contributed by atoms with Crippen molar-refractivity contribution in [3.05, 3.63) is 40.0 Å². The van der Waals surface area contributed by atoms with E-state index in [0.717, 1.165) is 41.7 Å². The maximum atomic E-state index is 5.57. The van der Waals surface area contributed by atoms with Gasteiger partial charge in [-0.3, -0.25) is 0 Å². The quantitative estimate of drug-likeness (QED) is 0.543. The van der Waals surface area contributed by atoms with E-state index in [1.165, 1.54) is 11.1 Å². The molecule has 0 radical (unpaired) electrons. The van der Waals surface area contributed by atoms with Crippen LogP contribution < -0.4 is 20.9 Å². The molecule has 3 rings (SSSR count). The van der Waals surface area contributed by atoms with E-state index in [-0.39, 0.29) is 0 Å². The number of hydrogen-bond donors (Lipinski definition) is 3. The number of rotatable bonds is 5. The van der Waals surface area contributed by atoms with Gasteiger partial charge in [-0.15, -0.1) is 0 Å². The fraction of sp³-hybridized carbons (Fsp3) is 0.476. The van der Waals surface area contributed by atoms with Gasteiger partial charge < -0.3 is 20.9 Å². The first-order valence-electron chi connectivity index (χ1n) is 9.93. The number of anilines is 3. The first kappa shape index (κ1) is 21.8. The number of aryl methyl sites for hydroxylation is 2. The van der Waals surface area contributed by atoms with Crippen molar-refractivity contribution in [1.29, 1.82) is 0 Å². The first-order valence-corrected chi connectivity index (χ1v) is 11.1. The molecule has 1 fully saturated rings. The lowest BCUT2D eigenvalue weighted by molar-refractivity contribution is 0.387. The molecule has 0 saturated heterocycles. The van der Waals surface area contributed by atoms with Gasteiger partial charge in [0.15, 0.2) is 5.11 Å². The summed E-state index contributed by atoms with van der Waals surface area (Å²) in [5.41, 5.74) is 3.43. The van der Waals surface area contributed by atoms with Crippen molar-refractivity contribution in [2.24, 2.45) is 0 Å². The number of hydrogen-bond acceptors (Lipinski definition) is 5. The third-order valence-corrected chi connectivity index (χ3v) is 5.91. The first-order chi connectivity index (χ1) is 13.8. The molecule has 6 nitrogen and oxygen atoms in total. The molecule has 0 atom stereocenters. The molecule has 3 N–H and O–H groups in total. The SMILES string of the molecule is Cc1cc(Br)cc(C)c1NC(=S)NC1CCC(Nc2nccc(N(C)C)n2)CC1.